The molecule has 1 saturated carbocycles. The maximum absolute atomic E-state index is 12.0. The van der Waals surface area contributed by atoms with Crippen molar-refractivity contribution in [3.8, 4) is 5.75 Å². The number of allylic oxidation sites excluding steroid dienone is 3. The number of nitrogens with one attached hydrogen (secondary N) is 1. The van der Waals surface area contributed by atoms with Crippen LogP contribution in [-0.2, 0) is 32.4 Å². The van der Waals surface area contributed by atoms with Crippen molar-refractivity contribution in [2.75, 3.05) is 6.61 Å². The minimum atomic E-state index is -0.878. The number of benzene rings is 2. The van der Waals surface area contributed by atoms with Gasteiger partial charge in [-0.05, 0) is 87.6 Å². The smallest absolute Gasteiger partial charge is 0.328 e. The first-order valence-electron chi connectivity index (χ1n) is 15.1. The van der Waals surface area contributed by atoms with E-state index in [0.29, 0.717) is 24.0 Å². The monoisotopic (exact) mass is 594 g/mol. The van der Waals surface area contributed by atoms with Gasteiger partial charge in [-0.25, -0.2) is 4.79 Å². The topological polar surface area (TPSA) is 117 Å². The Labute approximate surface area is 255 Å². The average Bonchev–Trinajstić information content (AvgIpc) is 3.51. The molecule has 234 valence electrons. The Morgan fingerprint density at radius 3 is 2.44 bits per heavy atom. The van der Waals surface area contributed by atoms with E-state index in [1.54, 1.807) is 31.2 Å². The molecule has 0 spiro atoms. The predicted molar refractivity (Wildman–Crippen MR) is 167 cm³/mol. The van der Waals surface area contributed by atoms with Crippen LogP contribution >= 0.6 is 0 Å². The summed E-state index contributed by atoms with van der Waals surface area (Å²) in [6.07, 6.45) is 17.0. The fourth-order valence-electron chi connectivity index (χ4n) is 4.54. The van der Waals surface area contributed by atoms with Gasteiger partial charge in [0, 0.05) is 6.42 Å². The van der Waals surface area contributed by atoms with E-state index in [-0.39, 0.29) is 19.1 Å². The van der Waals surface area contributed by atoms with Gasteiger partial charge in [0.15, 0.2) is 0 Å². The quantitative estimate of drug-likeness (QED) is 0.0718. The molecule has 0 saturated heterocycles. The molecule has 9 nitrogen and oxygen atoms in total. The van der Waals surface area contributed by atoms with E-state index in [4.69, 9.17) is 9.47 Å². The van der Waals surface area contributed by atoms with Crippen LogP contribution in [-0.4, -0.2) is 29.6 Å². The predicted octanol–water partition coefficient (Wildman–Crippen LogP) is 7.20. The van der Waals surface area contributed by atoms with Crippen LogP contribution in [0.25, 0.3) is 0 Å². The van der Waals surface area contributed by atoms with Crippen molar-refractivity contribution < 1.29 is 29.0 Å². The maximum Gasteiger partial charge on any atom is 0.328 e. The van der Waals surface area contributed by atoms with Crippen molar-refractivity contribution >= 4 is 11.9 Å². The highest BCUT2D eigenvalue weighted by Crippen LogP contribution is 2.25. The van der Waals surface area contributed by atoms with Gasteiger partial charge in [0.25, 0.3) is 5.09 Å². The van der Waals surface area contributed by atoms with Crippen molar-refractivity contribution in [1.29, 1.82) is 0 Å². The first-order chi connectivity index (χ1) is 20.8. The molecule has 1 aliphatic carbocycles. The van der Waals surface area contributed by atoms with Gasteiger partial charge in [0.05, 0.1) is 6.61 Å². The molecule has 2 aromatic rings. The summed E-state index contributed by atoms with van der Waals surface area (Å²) in [5.74, 6) is 1.05. The zero-order valence-corrected chi connectivity index (χ0v) is 25.7. The number of hydrogen-bond donors (Lipinski definition) is 1. The first-order valence-corrected chi connectivity index (χ1v) is 15.1. The third-order valence-electron chi connectivity index (χ3n) is 6.91. The second-order valence-corrected chi connectivity index (χ2v) is 10.6. The number of carbonyl (C=O) groups is 2. The van der Waals surface area contributed by atoms with E-state index in [9.17, 15) is 19.7 Å². The van der Waals surface area contributed by atoms with E-state index in [0.717, 1.165) is 31.1 Å². The number of ether oxygens (including phenoxy) is 2. The Morgan fingerprint density at radius 2 is 1.77 bits per heavy atom. The Kier molecular flexibility index (Phi) is 16.9. The summed E-state index contributed by atoms with van der Waals surface area (Å²) in [6, 6.07) is 14.3. The average molecular weight is 595 g/mol. The number of aryl methyl sites for hydroxylation is 1. The van der Waals surface area contributed by atoms with Gasteiger partial charge in [-0.15, -0.1) is 10.1 Å². The molecule has 0 aliphatic heterocycles. The van der Waals surface area contributed by atoms with Crippen LogP contribution in [0.15, 0.2) is 72.8 Å². The van der Waals surface area contributed by atoms with Crippen LogP contribution in [0.4, 0.5) is 0 Å². The highest BCUT2D eigenvalue weighted by Gasteiger charge is 2.17. The molecule has 1 aliphatic rings. The lowest BCUT2D eigenvalue weighted by atomic mass is 10.1. The van der Waals surface area contributed by atoms with Crippen molar-refractivity contribution in [3.63, 3.8) is 0 Å². The number of carbonyl (C=O) groups excluding carboxylic acids is 2. The van der Waals surface area contributed by atoms with Crippen LogP contribution in [0.5, 0.6) is 5.75 Å². The zero-order chi connectivity index (χ0) is 31.3. The van der Waals surface area contributed by atoms with E-state index in [1.165, 1.54) is 31.2 Å². The summed E-state index contributed by atoms with van der Waals surface area (Å²) in [5.41, 5.74) is 2.41. The second kappa shape index (κ2) is 20.7. The van der Waals surface area contributed by atoms with Crippen molar-refractivity contribution in [1.82, 2.24) is 5.32 Å². The van der Waals surface area contributed by atoms with Gasteiger partial charge < -0.3 is 19.6 Å². The molecule has 0 aromatic heterocycles. The lowest BCUT2D eigenvalue weighted by molar-refractivity contribution is -0.763. The van der Waals surface area contributed by atoms with Crippen LogP contribution in [0.1, 0.15) is 81.9 Å². The van der Waals surface area contributed by atoms with E-state index >= 15 is 0 Å². The Balaban J connectivity index is 0.000000326. The maximum atomic E-state index is 12.0. The molecule has 1 amide bonds. The number of hydrogen-bond acceptors (Lipinski definition) is 7. The lowest BCUT2D eigenvalue weighted by Crippen LogP contribution is -2.39. The van der Waals surface area contributed by atoms with E-state index < -0.39 is 17.1 Å². The minimum Gasteiger partial charge on any atom is -0.493 e. The Bertz CT molecular complexity index is 1190. The Morgan fingerprint density at radius 1 is 1.05 bits per heavy atom. The third-order valence-corrected chi connectivity index (χ3v) is 6.91. The standard InChI is InChI=1S/C18H24N2O6.C16H22O/c1-3-4-5-6-11-17(21)19-14(2)18(22)25-12-15-9-7-8-10-16(15)13-26-20(23)24;1-14-7-6-11-16(13-14)17-12-5-4-10-15-8-2-3-9-15/h3-4,7-10,14H,5-6,11-13H2,1-2H3,(H,19,21);4,6-7,10-11,13,15H,2-3,5,8-9,12H2,1H3/b4-3-;10-4+. The molecule has 2 aromatic carbocycles. The molecule has 1 fully saturated rings. The summed E-state index contributed by atoms with van der Waals surface area (Å²) >= 11 is 0. The SMILES string of the molecule is C/C=C\CCCC(=O)NC(C)C(=O)OCc1ccccc1CO[N+](=O)[O-].Cc1cccc(OCC/C=C/C2CCCC2)c1. The highest BCUT2D eigenvalue weighted by molar-refractivity contribution is 5.84. The summed E-state index contributed by atoms with van der Waals surface area (Å²) < 4.78 is 10.9. The molecule has 9 heteroatoms. The molecule has 0 radical (unpaired) electrons. The zero-order valence-electron chi connectivity index (χ0n) is 25.7. The molecule has 43 heavy (non-hydrogen) atoms. The van der Waals surface area contributed by atoms with E-state index in [1.807, 2.05) is 31.2 Å². The molecule has 3 rings (SSSR count). The molecular weight excluding hydrogens is 548 g/mol. The number of nitrogens with zero attached hydrogens (tertiary/aromatic N) is 1. The van der Waals surface area contributed by atoms with Crippen molar-refractivity contribution in [2.45, 2.75) is 91.4 Å². The van der Waals surface area contributed by atoms with Gasteiger partial charge in [0.2, 0.25) is 5.91 Å². The molecule has 0 bridgehead atoms. The number of unbranched alkanes of at least 4 members (excludes halogenated alkanes) is 1. The van der Waals surface area contributed by atoms with Crippen LogP contribution < -0.4 is 10.1 Å². The Hall–Kier alpha value is -4.14. The number of rotatable bonds is 16. The second-order valence-electron chi connectivity index (χ2n) is 10.6. The number of esters is 1. The summed E-state index contributed by atoms with van der Waals surface area (Å²) in [7, 11) is 0. The summed E-state index contributed by atoms with van der Waals surface area (Å²) in [6.45, 7) is 6.06. The van der Waals surface area contributed by atoms with Crippen molar-refractivity contribution in [3.05, 3.63) is 99.6 Å². The molecule has 1 unspecified atom stereocenters. The van der Waals surface area contributed by atoms with Gasteiger partial charge >= 0.3 is 5.97 Å². The largest absolute Gasteiger partial charge is 0.493 e. The third kappa shape index (κ3) is 15.6. The lowest BCUT2D eigenvalue weighted by Gasteiger charge is -2.14. The molecule has 1 N–H and O–H groups in total. The summed E-state index contributed by atoms with van der Waals surface area (Å²) in [4.78, 5) is 38.5. The molecule has 0 heterocycles. The van der Waals surface area contributed by atoms with Gasteiger partial charge in [-0.2, -0.15) is 0 Å². The summed E-state index contributed by atoms with van der Waals surface area (Å²) in [5, 5.41) is 12.0. The normalized spacial score (nSPS) is 13.7. The fraction of sp³-hybridized carbons (Fsp3) is 0.471. The number of amides is 1. The van der Waals surface area contributed by atoms with Crippen LogP contribution in [0.3, 0.4) is 0 Å². The minimum absolute atomic E-state index is 0.0580. The molecule has 1 atom stereocenters. The van der Waals surface area contributed by atoms with E-state index in [2.05, 4.69) is 41.4 Å². The fourth-order valence-corrected chi connectivity index (χ4v) is 4.54. The first kappa shape index (κ1) is 35.1. The molecular formula is C34H46N2O7. The highest BCUT2D eigenvalue weighted by atomic mass is 16.9. The van der Waals surface area contributed by atoms with Crippen LogP contribution in [0, 0.1) is 23.0 Å². The van der Waals surface area contributed by atoms with Gasteiger partial charge in [0.1, 0.15) is 25.0 Å². The van der Waals surface area contributed by atoms with Crippen molar-refractivity contribution in [2.24, 2.45) is 5.92 Å². The van der Waals surface area contributed by atoms with Gasteiger partial charge in [-0.3, -0.25) is 4.79 Å². The van der Waals surface area contributed by atoms with Crippen LogP contribution in [0.2, 0.25) is 0 Å². The van der Waals surface area contributed by atoms with Gasteiger partial charge in [-0.1, -0.05) is 73.5 Å².